The first-order chi connectivity index (χ1) is 13.5. The van der Waals surface area contributed by atoms with Crippen LogP contribution in [0.25, 0.3) is 16.8 Å². The van der Waals surface area contributed by atoms with Gasteiger partial charge in [-0.3, -0.25) is 14.4 Å². The predicted molar refractivity (Wildman–Crippen MR) is 97.4 cm³/mol. The summed E-state index contributed by atoms with van der Waals surface area (Å²) < 4.78 is 17.6. The highest BCUT2D eigenvalue weighted by molar-refractivity contribution is 6.04. The molecule has 1 aliphatic heterocycles. The zero-order valence-corrected chi connectivity index (χ0v) is 15.5. The number of fused-ring (bicyclic) bond motifs is 1. The molecule has 2 aliphatic rings. The molecule has 28 heavy (non-hydrogen) atoms. The van der Waals surface area contributed by atoms with Crippen LogP contribution in [0.1, 0.15) is 19.8 Å². The van der Waals surface area contributed by atoms with Crippen molar-refractivity contribution in [3.05, 3.63) is 30.6 Å². The van der Waals surface area contributed by atoms with E-state index in [4.69, 9.17) is 0 Å². The van der Waals surface area contributed by atoms with Crippen LogP contribution in [-0.4, -0.2) is 36.8 Å². The van der Waals surface area contributed by atoms with Gasteiger partial charge in [0.2, 0.25) is 5.91 Å². The van der Waals surface area contributed by atoms with Gasteiger partial charge in [-0.1, -0.05) is 6.92 Å². The summed E-state index contributed by atoms with van der Waals surface area (Å²) in [6, 6.07) is 2.30. The Morgan fingerprint density at radius 3 is 2.71 bits per heavy atom. The summed E-state index contributed by atoms with van der Waals surface area (Å²) in [7, 11) is 1.79. The van der Waals surface area contributed by atoms with E-state index in [1.54, 1.807) is 30.3 Å². The van der Waals surface area contributed by atoms with Crippen LogP contribution in [0.2, 0.25) is 0 Å². The molecule has 1 aliphatic carbocycles. The molecule has 0 bridgehead atoms. The fourth-order valence-corrected chi connectivity index (χ4v) is 4.32. The van der Waals surface area contributed by atoms with Crippen molar-refractivity contribution < 1.29 is 9.18 Å². The van der Waals surface area contributed by atoms with Crippen molar-refractivity contribution >= 4 is 17.2 Å². The van der Waals surface area contributed by atoms with Crippen LogP contribution in [-0.2, 0) is 11.8 Å². The molecule has 9 heteroatoms. The summed E-state index contributed by atoms with van der Waals surface area (Å²) >= 11 is 0. The van der Waals surface area contributed by atoms with Gasteiger partial charge in [0.25, 0.3) is 0 Å². The Morgan fingerprint density at radius 2 is 2.07 bits per heavy atom. The Bertz CT molecular complexity index is 1150. The molecule has 0 N–H and O–H groups in total. The lowest BCUT2D eigenvalue weighted by Gasteiger charge is -2.23. The van der Waals surface area contributed by atoms with Gasteiger partial charge in [0.15, 0.2) is 11.6 Å². The molecule has 2 atom stereocenters. The Morgan fingerprint density at radius 1 is 1.29 bits per heavy atom. The molecule has 0 radical (unpaired) electrons. The molecule has 0 unspecified atom stereocenters. The van der Waals surface area contributed by atoms with E-state index in [-0.39, 0.29) is 29.1 Å². The van der Waals surface area contributed by atoms with E-state index in [1.165, 1.54) is 9.42 Å². The van der Waals surface area contributed by atoms with Crippen LogP contribution in [0.3, 0.4) is 0 Å². The minimum absolute atomic E-state index is 0.0669. The molecule has 4 heterocycles. The van der Waals surface area contributed by atoms with Crippen molar-refractivity contribution in [1.29, 1.82) is 5.26 Å². The second-order valence-corrected chi connectivity index (χ2v) is 7.71. The zero-order valence-electron chi connectivity index (χ0n) is 15.5. The normalized spacial score (nSPS) is 24.9. The number of anilines is 1. The number of halogens is 1. The zero-order chi connectivity index (χ0) is 19.6. The minimum atomic E-state index is -1.06. The number of aryl methyl sites for hydroxylation is 1. The topological polar surface area (TPSA) is 92.1 Å². The number of hydrogen-bond donors (Lipinski definition) is 0. The molecule has 0 spiro atoms. The number of carbonyl (C=O) groups excluding carboxylic acids is 1. The summed E-state index contributed by atoms with van der Waals surface area (Å²) in [5.74, 6) is -0.736. The van der Waals surface area contributed by atoms with E-state index in [0.29, 0.717) is 12.2 Å². The maximum Gasteiger partial charge on any atom is 0.249 e. The fourth-order valence-electron chi connectivity index (χ4n) is 4.32. The first-order valence-electron chi connectivity index (χ1n) is 9.22. The molecule has 1 amide bonds. The number of amides is 1. The standard InChI is InChI=1S/C19H18FN7O/c1-11-7-26(18(28)19(11,10-21)13-3-4-13)17-16-14(20)6-23-27(16)9-15(24-17)12-5-22-25(2)8-12/h5-6,8-9,11,13H,3-4,7H2,1-2H3/t11-,19+/m1/s1. The number of rotatable bonds is 3. The smallest absolute Gasteiger partial charge is 0.249 e. The van der Waals surface area contributed by atoms with Crippen LogP contribution in [0.4, 0.5) is 10.2 Å². The number of carbonyl (C=O) groups is 1. The molecule has 142 valence electrons. The van der Waals surface area contributed by atoms with Gasteiger partial charge >= 0.3 is 0 Å². The highest BCUT2D eigenvalue weighted by Crippen LogP contribution is 2.54. The molecule has 0 aromatic carbocycles. The summed E-state index contributed by atoms with van der Waals surface area (Å²) in [5.41, 5.74) is 0.340. The summed E-state index contributed by atoms with van der Waals surface area (Å²) in [6.07, 6.45) is 7.90. The predicted octanol–water partition coefficient (Wildman–Crippen LogP) is 2.17. The third-order valence-electron chi connectivity index (χ3n) is 5.93. The Hall–Kier alpha value is -3.28. The van der Waals surface area contributed by atoms with Crippen molar-refractivity contribution in [3.63, 3.8) is 0 Å². The van der Waals surface area contributed by atoms with Crippen molar-refractivity contribution in [1.82, 2.24) is 24.4 Å². The molecular weight excluding hydrogens is 361 g/mol. The molecule has 3 aromatic heterocycles. The maximum absolute atomic E-state index is 14.5. The molecule has 3 aromatic rings. The lowest BCUT2D eigenvalue weighted by Crippen LogP contribution is -2.37. The Balaban J connectivity index is 1.69. The Kier molecular flexibility index (Phi) is 3.38. The summed E-state index contributed by atoms with van der Waals surface area (Å²) in [4.78, 5) is 19.4. The molecule has 8 nitrogen and oxygen atoms in total. The minimum Gasteiger partial charge on any atom is -0.293 e. The Labute approximate surface area is 160 Å². The molecule has 1 saturated heterocycles. The third-order valence-corrected chi connectivity index (χ3v) is 5.93. The van der Waals surface area contributed by atoms with E-state index in [2.05, 4.69) is 21.3 Å². The molecular formula is C19H18FN7O. The number of nitriles is 1. The average Bonchev–Trinajstić information content (AvgIpc) is 3.25. The lowest BCUT2D eigenvalue weighted by molar-refractivity contribution is -0.124. The number of nitrogens with zero attached hydrogens (tertiary/aromatic N) is 7. The SMILES string of the molecule is C[C@@H]1CN(c2nc(-c3cnn(C)c3)cn3ncc(F)c23)C(=O)[C@]1(C#N)C1CC1. The van der Waals surface area contributed by atoms with Gasteiger partial charge in [-0.2, -0.15) is 15.5 Å². The van der Waals surface area contributed by atoms with Crippen LogP contribution >= 0.6 is 0 Å². The van der Waals surface area contributed by atoms with E-state index in [0.717, 1.165) is 24.6 Å². The van der Waals surface area contributed by atoms with E-state index >= 15 is 0 Å². The maximum atomic E-state index is 14.5. The van der Waals surface area contributed by atoms with E-state index < -0.39 is 11.2 Å². The van der Waals surface area contributed by atoms with Crippen LogP contribution in [0.15, 0.2) is 24.8 Å². The highest BCUT2D eigenvalue weighted by atomic mass is 19.1. The third kappa shape index (κ3) is 2.14. The van der Waals surface area contributed by atoms with Gasteiger partial charge in [-0.25, -0.2) is 13.9 Å². The molecule has 5 rings (SSSR count). The van der Waals surface area contributed by atoms with E-state index in [9.17, 15) is 14.4 Å². The van der Waals surface area contributed by atoms with Crippen molar-refractivity contribution in [2.45, 2.75) is 19.8 Å². The summed E-state index contributed by atoms with van der Waals surface area (Å²) in [5, 5.41) is 18.1. The first kappa shape index (κ1) is 16.9. The monoisotopic (exact) mass is 379 g/mol. The van der Waals surface area contributed by atoms with Crippen LogP contribution in [0, 0.1) is 34.4 Å². The second kappa shape index (κ2) is 5.61. The van der Waals surface area contributed by atoms with Crippen LogP contribution < -0.4 is 4.90 Å². The van der Waals surface area contributed by atoms with Crippen LogP contribution in [0.5, 0.6) is 0 Å². The van der Waals surface area contributed by atoms with E-state index in [1.807, 2.05) is 6.92 Å². The number of hydrogen-bond acceptors (Lipinski definition) is 5. The quantitative estimate of drug-likeness (QED) is 0.695. The number of aromatic nitrogens is 5. The van der Waals surface area contributed by atoms with Gasteiger partial charge in [0.05, 0.1) is 30.4 Å². The van der Waals surface area contributed by atoms with Gasteiger partial charge in [0, 0.05) is 31.3 Å². The molecule has 2 fully saturated rings. The summed E-state index contributed by atoms with van der Waals surface area (Å²) in [6.45, 7) is 2.24. The first-order valence-corrected chi connectivity index (χ1v) is 9.22. The lowest BCUT2D eigenvalue weighted by atomic mass is 9.75. The second-order valence-electron chi connectivity index (χ2n) is 7.71. The van der Waals surface area contributed by atoms with Crippen molar-refractivity contribution in [3.8, 4) is 17.3 Å². The fraction of sp³-hybridized carbons (Fsp3) is 0.421. The van der Waals surface area contributed by atoms with Crippen molar-refractivity contribution in [2.75, 3.05) is 11.4 Å². The van der Waals surface area contributed by atoms with Crippen molar-refractivity contribution in [2.24, 2.45) is 24.3 Å². The molecule has 1 saturated carbocycles. The van der Waals surface area contributed by atoms with Gasteiger partial charge in [0.1, 0.15) is 10.9 Å². The highest BCUT2D eigenvalue weighted by Gasteiger charge is 2.61. The van der Waals surface area contributed by atoms with Gasteiger partial charge in [-0.05, 0) is 18.8 Å². The van der Waals surface area contributed by atoms with Gasteiger partial charge < -0.3 is 0 Å². The average molecular weight is 379 g/mol. The largest absolute Gasteiger partial charge is 0.293 e. The van der Waals surface area contributed by atoms with Gasteiger partial charge in [-0.15, -0.1) is 0 Å².